The number of amides is 1. The van der Waals surface area contributed by atoms with Gasteiger partial charge in [0.2, 0.25) is 0 Å². The van der Waals surface area contributed by atoms with Crippen molar-refractivity contribution in [2.45, 2.75) is 58.9 Å². The molecule has 0 unspecified atom stereocenters. The maximum atomic E-state index is 13.4. The highest BCUT2D eigenvalue weighted by Gasteiger charge is 2.32. The normalized spacial score (nSPS) is 23.2. The number of thiocarbonyl (C=S) groups is 1. The summed E-state index contributed by atoms with van der Waals surface area (Å²) in [5.41, 5.74) is 1.80. The molecule has 2 aromatic heterocycles. The van der Waals surface area contributed by atoms with Crippen molar-refractivity contribution in [3.8, 4) is 0 Å². The number of aryl methyl sites for hydroxylation is 1. The molecule has 2 fully saturated rings. The summed E-state index contributed by atoms with van der Waals surface area (Å²) in [4.78, 5) is 33.2. The summed E-state index contributed by atoms with van der Waals surface area (Å²) in [6.07, 6.45) is 8.65. The molecule has 1 amide bonds. The number of carbonyl (C=O) groups is 1. The van der Waals surface area contributed by atoms with Crippen LogP contribution in [0.2, 0.25) is 0 Å². The van der Waals surface area contributed by atoms with E-state index in [-0.39, 0.29) is 17.5 Å². The Balaban J connectivity index is 1.79. The van der Waals surface area contributed by atoms with Crippen LogP contribution >= 0.6 is 24.0 Å². The predicted octanol–water partition coefficient (Wildman–Crippen LogP) is 4.60. The smallest absolute Gasteiger partial charge is 0.267 e. The molecule has 1 aliphatic heterocycles. The van der Waals surface area contributed by atoms with Gasteiger partial charge in [-0.15, -0.1) is 0 Å². The second-order valence-electron chi connectivity index (χ2n) is 8.50. The van der Waals surface area contributed by atoms with Crippen LogP contribution in [-0.2, 0) is 4.79 Å². The maximum absolute atomic E-state index is 13.4. The first-order chi connectivity index (χ1) is 14.9. The van der Waals surface area contributed by atoms with Crippen molar-refractivity contribution in [1.82, 2.24) is 14.3 Å². The number of carbonyl (C=O) groups excluding carboxylic acids is 1. The Bertz CT molecular complexity index is 1120. The number of anilines is 1. The minimum absolute atomic E-state index is 0.136. The van der Waals surface area contributed by atoms with E-state index in [0.717, 1.165) is 43.6 Å². The monoisotopic (exact) mass is 456 g/mol. The summed E-state index contributed by atoms with van der Waals surface area (Å²) in [6.45, 7) is 6.83. The first kappa shape index (κ1) is 22.0. The van der Waals surface area contributed by atoms with Gasteiger partial charge in [-0.3, -0.25) is 18.9 Å². The fourth-order valence-electron chi connectivity index (χ4n) is 4.20. The lowest BCUT2D eigenvalue weighted by Gasteiger charge is -2.28. The van der Waals surface area contributed by atoms with E-state index in [1.54, 1.807) is 21.6 Å². The van der Waals surface area contributed by atoms with E-state index in [1.165, 1.54) is 11.8 Å². The van der Waals surface area contributed by atoms with E-state index >= 15 is 0 Å². The molecule has 1 N–H and O–H groups in total. The number of hydrogen-bond donors (Lipinski definition) is 1. The average Bonchev–Trinajstić information content (AvgIpc) is 3.01. The van der Waals surface area contributed by atoms with Crippen molar-refractivity contribution in [2.75, 3.05) is 11.9 Å². The van der Waals surface area contributed by atoms with Crippen LogP contribution in [-0.4, -0.2) is 37.1 Å². The zero-order chi connectivity index (χ0) is 22.1. The van der Waals surface area contributed by atoms with Crippen molar-refractivity contribution in [1.29, 1.82) is 0 Å². The van der Waals surface area contributed by atoms with Crippen LogP contribution in [0.5, 0.6) is 0 Å². The van der Waals surface area contributed by atoms with Gasteiger partial charge in [0.25, 0.3) is 11.5 Å². The van der Waals surface area contributed by atoms with Gasteiger partial charge >= 0.3 is 0 Å². The van der Waals surface area contributed by atoms with Crippen LogP contribution in [0.3, 0.4) is 0 Å². The Kier molecular flexibility index (Phi) is 6.48. The Hall–Kier alpha value is -2.19. The van der Waals surface area contributed by atoms with Crippen LogP contribution in [0.4, 0.5) is 5.82 Å². The summed E-state index contributed by atoms with van der Waals surface area (Å²) in [5.74, 6) is 1.15. The van der Waals surface area contributed by atoms with E-state index in [2.05, 4.69) is 12.2 Å². The van der Waals surface area contributed by atoms with Gasteiger partial charge in [0.05, 0.1) is 10.5 Å². The van der Waals surface area contributed by atoms with E-state index in [9.17, 15) is 9.59 Å². The van der Waals surface area contributed by atoms with Gasteiger partial charge < -0.3 is 5.32 Å². The van der Waals surface area contributed by atoms with Crippen molar-refractivity contribution < 1.29 is 4.79 Å². The number of aromatic nitrogens is 2. The highest BCUT2D eigenvalue weighted by Crippen LogP contribution is 2.34. The van der Waals surface area contributed by atoms with Crippen molar-refractivity contribution in [3.63, 3.8) is 0 Å². The van der Waals surface area contributed by atoms with Crippen LogP contribution < -0.4 is 10.9 Å². The lowest BCUT2D eigenvalue weighted by molar-refractivity contribution is -0.122. The van der Waals surface area contributed by atoms with Gasteiger partial charge in [-0.25, -0.2) is 4.98 Å². The zero-order valence-corrected chi connectivity index (χ0v) is 19.8. The molecule has 0 atom stereocenters. The molecule has 1 saturated carbocycles. The van der Waals surface area contributed by atoms with Crippen molar-refractivity contribution >= 4 is 51.7 Å². The molecular weight excluding hydrogens is 428 g/mol. The minimum Gasteiger partial charge on any atom is -0.367 e. The summed E-state index contributed by atoms with van der Waals surface area (Å²) >= 11 is 6.64. The van der Waals surface area contributed by atoms with Gasteiger partial charge in [-0.1, -0.05) is 43.9 Å². The molecule has 0 radical (unpaired) electrons. The molecule has 2 aromatic rings. The van der Waals surface area contributed by atoms with E-state index in [0.29, 0.717) is 32.8 Å². The summed E-state index contributed by atoms with van der Waals surface area (Å²) in [6, 6.07) is 4.06. The quantitative estimate of drug-likeness (QED) is 0.524. The molecule has 164 valence electrons. The van der Waals surface area contributed by atoms with Gasteiger partial charge in [0, 0.05) is 18.8 Å². The number of pyridine rings is 1. The van der Waals surface area contributed by atoms with Crippen LogP contribution in [0, 0.1) is 12.8 Å². The predicted molar refractivity (Wildman–Crippen MR) is 131 cm³/mol. The maximum Gasteiger partial charge on any atom is 0.267 e. The average molecular weight is 457 g/mol. The third-order valence-corrected chi connectivity index (χ3v) is 7.42. The summed E-state index contributed by atoms with van der Waals surface area (Å²) < 4.78 is 2.10. The molecule has 0 aromatic carbocycles. The number of hydrogen-bond acceptors (Lipinski definition) is 6. The Morgan fingerprint density at radius 2 is 2.03 bits per heavy atom. The molecule has 0 bridgehead atoms. The number of nitrogens with zero attached hydrogens (tertiary/aromatic N) is 3. The molecule has 0 spiro atoms. The fraction of sp³-hybridized carbons (Fsp3) is 0.478. The molecular formula is C23H28N4O2S2. The van der Waals surface area contributed by atoms with Gasteiger partial charge in [0.15, 0.2) is 0 Å². The number of fused-ring (bicyclic) bond motifs is 1. The van der Waals surface area contributed by atoms with E-state index in [4.69, 9.17) is 17.2 Å². The number of rotatable bonds is 5. The topological polar surface area (TPSA) is 66.7 Å². The van der Waals surface area contributed by atoms with E-state index < -0.39 is 0 Å². The van der Waals surface area contributed by atoms with Gasteiger partial charge in [-0.05, 0) is 62.7 Å². The van der Waals surface area contributed by atoms with Crippen molar-refractivity contribution in [3.05, 3.63) is 44.7 Å². The third kappa shape index (κ3) is 4.41. The largest absolute Gasteiger partial charge is 0.367 e. The number of thioether (sulfide) groups is 1. The Morgan fingerprint density at radius 3 is 2.74 bits per heavy atom. The minimum atomic E-state index is -0.180. The first-order valence-electron chi connectivity index (χ1n) is 10.9. The lowest BCUT2D eigenvalue weighted by Crippen LogP contribution is -2.29. The van der Waals surface area contributed by atoms with Gasteiger partial charge in [-0.2, -0.15) is 0 Å². The number of nitrogens with one attached hydrogen (secondary N) is 1. The van der Waals surface area contributed by atoms with Crippen LogP contribution in [0.1, 0.15) is 57.1 Å². The third-order valence-electron chi connectivity index (χ3n) is 6.04. The highest BCUT2D eigenvalue weighted by molar-refractivity contribution is 8.26. The first-order valence-corrected chi connectivity index (χ1v) is 12.2. The molecule has 6 nitrogen and oxygen atoms in total. The molecule has 4 rings (SSSR count). The molecule has 1 aliphatic carbocycles. The molecule has 31 heavy (non-hydrogen) atoms. The molecule has 8 heteroatoms. The molecule has 3 heterocycles. The zero-order valence-electron chi connectivity index (χ0n) is 18.2. The Labute approximate surface area is 192 Å². The molecule has 2 aliphatic rings. The fourth-order valence-corrected chi connectivity index (χ4v) is 5.49. The lowest BCUT2D eigenvalue weighted by atomic mass is 9.87. The second kappa shape index (κ2) is 9.12. The van der Waals surface area contributed by atoms with Crippen molar-refractivity contribution in [2.24, 2.45) is 5.92 Å². The highest BCUT2D eigenvalue weighted by atomic mass is 32.2. The van der Waals surface area contributed by atoms with E-state index in [1.807, 2.05) is 26.0 Å². The van der Waals surface area contributed by atoms with Crippen LogP contribution in [0.25, 0.3) is 11.7 Å². The Morgan fingerprint density at radius 1 is 1.29 bits per heavy atom. The summed E-state index contributed by atoms with van der Waals surface area (Å²) in [5, 5.41) is 3.53. The standard InChI is InChI=1S/C23H28N4O2S2/c1-4-11-27-22(29)18(31-23(27)30)13-17-19(24-16-9-7-14(2)8-10-16)25-20-15(3)6-5-12-26(20)21(17)28/h5-6,12-14,16,24H,4,7-11H2,1-3H3/b18-13+. The SMILES string of the molecule is CCCN1C(=O)/C(=C\c2c(NC3CCC(C)CC3)nc3c(C)cccn3c2=O)SC1=S. The van der Waals surface area contributed by atoms with Crippen LogP contribution in [0.15, 0.2) is 28.0 Å². The molecule has 1 saturated heterocycles. The summed E-state index contributed by atoms with van der Waals surface area (Å²) in [7, 11) is 0. The second-order valence-corrected chi connectivity index (χ2v) is 10.2. The van der Waals surface area contributed by atoms with Gasteiger partial charge in [0.1, 0.15) is 15.8 Å².